The van der Waals surface area contributed by atoms with E-state index in [0.29, 0.717) is 43.6 Å². The first-order valence-electron chi connectivity index (χ1n) is 7.88. The minimum atomic E-state index is -3.43. The molecule has 6 heteroatoms. The second kappa shape index (κ2) is 7.94. The normalized spacial score (nSPS) is 20.0. The summed E-state index contributed by atoms with van der Waals surface area (Å²) in [5, 5.41) is 0. The van der Waals surface area contributed by atoms with Crippen LogP contribution in [0, 0.1) is 5.92 Å². The molecule has 1 heterocycles. The Labute approximate surface area is 133 Å². The van der Waals surface area contributed by atoms with Crippen LogP contribution in [0.3, 0.4) is 0 Å². The molecule has 0 amide bonds. The van der Waals surface area contributed by atoms with Gasteiger partial charge in [0.05, 0.1) is 18.1 Å². The Kier molecular flexibility index (Phi) is 6.23. The highest BCUT2D eigenvalue weighted by Crippen LogP contribution is 2.25. The molecule has 22 heavy (non-hydrogen) atoms. The predicted octanol–water partition coefficient (Wildman–Crippen LogP) is 2.52. The number of piperidine rings is 1. The van der Waals surface area contributed by atoms with Crippen molar-refractivity contribution in [1.29, 1.82) is 0 Å². The molecule has 0 saturated carbocycles. The first-order valence-corrected chi connectivity index (χ1v) is 9.32. The Bertz CT molecular complexity index is 556. The zero-order valence-electron chi connectivity index (χ0n) is 13.3. The van der Waals surface area contributed by atoms with Crippen molar-refractivity contribution in [2.75, 3.05) is 32.9 Å². The monoisotopic (exact) mass is 327 g/mol. The molecule has 124 valence electrons. The zero-order chi connectivity index (χ0) is 16.0. The van der Waals surface area contributed by atoms with Gasteiger partial charge in [-0.3, -0.25) is 0 Å². The predicted molar refractivity (Wildman–Crippen MR) is 85.6 cm³/mol. The van der Waals surface area contributed by atoms with Crippen LogP contribution in [0.5, 0.6) is 5.75 Å². The number of benzene rings is 1. The summed E-state index contributed by atoms with van der Waals surface area (Å²) in [6.07, 6.45) is 1.91. The van der Waals surface area contributed by atoms with Crippen LogP contribution in [-0.2, 0) is 14.8 Å². The first kappa shape index (κ1) is 17.2. The average Bonchev–Trinajstić information content (AvgIpc) is 2.54. The van der Waals surface area contributed by atoms with Crippen LogP contribution in [0.25, 0.3) is 0 Å². The van der Waals surface area contributed by atoms with Crippen molar-refractivity contribution in [3.63, 3.8) is 0 Å². The smallest absolute Gasteiger partial charge is 0.243 e. The molecule has 5 nitrogen and oxygen atoms in total. The van der Waals surface area contributed by atoms with Gasteiger partial charge < -0.3 is 9.47 Å². The quantitative estimate of drug-likeness (QED) is 0.772. The van der Waals surface area contributed by atoms with Crippen LogP contribution >= 0.6 is 0 Å². The van der Waals surface area contributed by atoms with Crippen LogP contribution < -0.4 is 4.74 Å². The number of hydrogen-bond donors (Lipinski definition) is 0. The van der Waals surface area contributed by atoms with Crippen molar-refractivity contribution in [2.24, 2.45) is 5.92 Å². The van der Waals surface area contributed by atoms with Crippen LogP contribution in [0.1, 0.15) is 26.7 Å². The molecule has 0 spiro atoms. The van der Waals surface area contributed by atoms with E-state index in [9.17, 15) is 8.42 Å². The molecule has 1 saturated heterocycles. The summed E-state index contributed by atoms with van der Waals surface area (Å²) in [6.45, 7) is 6.84. The van der Waals surface area contributed by atoms with E-state index in [1.54, 1.807) is 28.6 Å². The lowest BCUT2D eigenvalue weighted by atomic mass is 10.0. The van der Waals surface area contributed by atoms with E-state index in [0.717, 1.165) is 12.8 Å². The van der Waals surface area contributed by atoms with E-state index in [2.05, 4.69) is 0 Å². The maximum atomic E-state index is 12.7. The van der Waals surface area contributed by atoms with Gasteiger partial charge in [-0.25, -0.2) is 8.42 Å². The number of nitrogens with zero attached hydrogens (tertiary/aromatic N) is 1. The Morgan fingerprint density at radius 3 is 2.55 bits per heavy atom. The summed E-state index contributed by atoms with van der Waals surface area (Å²) in [6, 6.07) is 6.65. The molecule has 0 aromatic heterocycles. The van der Waals surface area contributed by atoms with E-state index in [1.165, 1.54) is 0 Å². The van der Waals surface area contributed by atoms with Crippen LogP contribution in [0.2, 0.25) is 0 Å². The molecule has 0 aliphatic carbocycles. The molecule has 1 aliphatic rings. The third-order valence-electron chi connectivity index (χ3n) is 3.81. The van der Waals surface area contributed by atoms with Gasteiger partial charge in [0.2, 0.25) is 10.0 Å². The van der Waals surface area contributed by atoms with E-state index in [4.69, 9.17) is 9.47 Å². The summed E-state index contributed by atoms with van der Waals surface area (Å²) in [5.74, 6) is 0.973. The molecule has 1 unspecified atom stereocenters. The van der Waals surface area contributed by atoms with Crippen molar-refractivity contribution >= 4 is 10.0 Å². The highest BCUT2D eigenvalue weighted by Gasteiger charge is 2.30. The molecule has 0 N–H and O–H groups in total. The van der Waals surface area contributed by atoms with Gasteiger partial charge in [-0.2, -0.15) is 4.31 Å². The number of ether oxygens (including phenoxy) is 2. The third kappa shape index (κ3) is 4.21. The van der Waals surface area contributed by atoms with Crippen molar-refractivity contribution in [3.8, 4) is 5.75 Å². The largest absolute Gasteiger partial charge is 0.494 e. The summed E-state index contributed by atoms with van der Waals surface area (Å²) in [4.78, 5) is 0.327. The van der Waals surface area contributed by atoms with E-state index in [-0.39, 0.29) is 5.92 Å². The standard InChI is InChI=1S/C16H25NO4S/c1-3-20-13-14-6-5-11-17(12-14)22(18,19)16-9-7-15(8-10-16)21-4-2/h7-10,14H,3-6,11-13H2,1-2H3. The number of rotatable bonds is 7. The fourth-order valence-electron chi connectivity index (χ4n) is 2.69. The van der Waals surface area contributed by atoms with Crippen molar-refractivity contribution in [3.05, 3.63) is 24.3 Å². The molecule has 0 radical (unpaired) electrons. The SMILES string of the molecule is CCOCC1CCCN(S(=O)(=O)c2ccc(OCC)cc2)C1. The zero-order valence-corrected chi connectivity index (χ0v) is 14.1. The molecule has 0 bridgehead atoms. The summed E-state index contributed by atoms with van der Waals surface area (Å²) >= 11 is 0. The fraction of sp³-hybridized carbons (Fsp3) is 0.625. The number of hydrogen-bond acceptors (Lipinski definition) is 4. The second-order valence-corrected chi connectivity index (χ2v) is 7.37. The second-order valence-electron chi connectivity index (χ2n) is 5.44. The molecule has 2 rings (SSSR count). The van der Waals surface area contributed by atoms with E-state index >= 15 is 0 Å². The summed E-state index contributed by atoms with van der Waals surface area (Å²) in [7, 11) is -3.43. The minimum absolute atomic E-state index is 0.283. The Hall–Kier alpha value is -1.11. The van der Waals surface area contributed by atoms with E-state index < -0.39 is 10.0 Å². The Balaban J connectivity index is 2.08. The lowest BCUT2D eigenvalue weighted by Gasteiger charge is -2.31. The van der Waals surface area contributed by atoms with Gasteiger partial charge in [0.25, 0.3) is 0 Å². The molecule has 1 aromatic carbocycles. The lowest BCUT2D eigenvalue weighted by Crippen LogP contribution is -2.41. The lowest BCUT2D eigenvalue weighted by molar-refractivity contribution is 0.0864. The molecule has 1 aromatic rings. The van der Waals surface area contributed by atoms with Gasteiger partial charge in [-0.15, -0.1) is 0 Å². The summed E-state index contributed by atoms with van der Waals surface area (Å²) in [5.41, 5.74) is 0. The molecular formula is C16H25NO4S. The molecule has 1 atom stereocenters. The number of sulfonamides is 1. The Morgan fingerprint density at radius 1 is 1.18 bits per heavy atom. The van der Waals surface area contributed by atoms with Gasteiger partial charge >= 0.3 is 0 Å². The van der Waals surface area contributed by atoms with Crippen molar-refractivity contribution in [1.82, 2.24) is 4.31 Å². The van der Waals surface area contributed by atoms with Gasteiger partial charge in [0.15, 0.2) is 0 Å². The minimum Gasteiger partial charge on any atom is -0.494 e. The van der Waals surface area contributed by atoms with Crippen molar-refractivity contribution in [2.45, 2.75) is 31.6 Å². The van der Waals surface area contributed by atoms with Crippen LogP contribution in [0.15, 0.2) is 29.2 Å². The Morgan fingerprint density at radius 2 is 1.91 bits per heavy atom. The van der Waals surface area contributed by atoms with Gasteiger partial charge in [0, 0.05) is 19.7 Å². The highest BCUT2D eigenvalue weighted by molar-refractivity contribution is 7.89. The van der Waals surface area contributed by atoms with E-state index in [1.807, 2.05) is 13.8 Å². The van der Waals surface area contributed by atoms with Crippen LogP contribution in [0.4, 0.5) is 0 Å². The third-order valence-corrected chi connectivity index (χ3v) is 5.69. The maximum absolute atomic E-state index is 12.7. The van der Waals surface area contributed by atoms with Gasteiger partial charge in [-0.05, 0) is 56.9 Å². The first-order chi connectivity index (χ1) is 10.6. The fourth-order valence-corrected chi connectivity index (χ4v) is 4.24. The molecule has 1 aliphatic heterocycles. The molecule has 1 fully saturated rings. The summed E-state index contributed by atoms with van der Waals surface area (Å²) < 4.78 is 37.8. The average molecular weight is 327 g/mol. The topological polar surface area (TPSA) is 55.8 Å². The van der Waals surface area contributed by atoms with Gasteiger partial charge in [0.1, 0.15) is 5.75 Å². The maximum Gasteiger partial charge on any atom is 0.243 e. The molecular weight excluding hydrogens is 302 g/mol. The van der Waals surface area contributed by atoms with Gasteiger partial charge in [-0.1, -0.05) is 0 Å². The highest BCUT2D eigenvalue weighted by atomic mass is 32.2. The van der Waals surface area contributed by atoms with Crippen molar-refractivity contribution < 1.29 is 17.9 Å². The van der Waals surface area contributed by atoms with Crippen LogP contribution in [-0.4, -0.2) is 45.6 Å².